The Morgan fingerprint density at radius 2 is 2.15 bits per heavy atom. The van der Waals surface area contributed by atoms with E-state index in [1.54, 1.807) is 20.8 Å². The number of hydrogen-bond donors (Lipinski definition) is 2. The van der Waals surface area contributed by atoms with Crippen LogP contribution in [-0.4, -0.2) is 31.3 Å². The summed E-state index contributed by atoms with van der Waals surface area (Å²) in [6.07, 6.45) is 1.81. The lowest BCUT2D eigenvalue weighted by Crippen LogP contribution is -2.26. The fourth-order valence-electron chi connectivity index (χ4n) is 1.92. The normalized spacial score (nSPS) is 12.0. The summed E-state index contributed by atoms with van der Waals surface area (Å²) in [6.45, 7) is 5.29. The van der Waals surface area contributed by atoms with Crippen molar-refractivity contribution in [3.8, 4) is 0 Å². The van der Waals surface area contributed by atoms with Crippen LogP contribution in [0.5, 0.6) is 0 Å². The van der Waals surface area contributed by atoms with E-state index < -0.39 is 11.6 Å². The van der Waals surface area contributed by atoms with E-state index in [-0.39, 0.29) is 10.4 Å². The van der Waals surface area contributed by atoms with Crippen LogP contribution in [-0.2, 0) is 6.54 Å². The van der Waals surface area contributed by atoms with Gasteiger partial charge in [0.25, 0.3) is 5.56 Å². The van der Waals surface area contributed by atoms with Crippen LogP contribution in [0.15, 0.2) is 11.1 Å². The summed E-state index contributed by atoms with van der Waals surface area (Å²) in [7, 11) is 0. The molecule has 2 heterocycles. The maximum Gasteiger partial charge on any atom is 0.346 e. The Labute approximate surface area is 119 Å². The van der Waals surface area contributed by atoms with Crippen molar-refractivity contribution in [1.29, 1.82) is 0 Å². The number of aromatic carboxylic acids is 1. The van der Waals surface area contributed by atoms with Gasteiger partial charge in [0.15, 0.2) is 0 Å². The zero-order valence-corrected chi connectivity index (χ0v) is 12.3. The Balaban J connectivity index is 2.51. The van der Waals surface area contributed by atoms with Crippen molar-refractivity contribution >= 4 is 27.5 Å². The topological polar surface area (TPSA) is 92.4 Å². The van der Waals surface area contributed by atoms with Gasteiger partial charge in [0.1, 0.15) is 9.71 Å². The van der Waals surface area contributed by atoms with E-state index in [4.69, 9.17) is 5.11 Å². The Hall–Kier alpha value is -1.73. The molecule has 2 N–H and O–H groups in total. The summed E-state index contributed by atoms with van der Waals surface area (Å²) in [5.74, 6) is -1.05. The van der Waals surface area contributed by atoms with E-state index in [1.165, 1.54) is 10.9 Å². The molecule has 0 radical (unpaired) electrons. The molecule has 2 aromatic rings. The van der Waals surface area contributed by atoms with Crippen molar-refractivity contribution < 1.29 is 15.0 Å². The Morgan fingerprint density at radius 1 is 1.50 bits per heavy atom. The summed E-state index contributed by atoms with van der Waals surface area (Å²) in [4.78, 5) is 28.2. The number of aromatic nitrogens is 2. The minimum Gasteiger partial charge on any atom is -0.477 e. The van der Waals surface area contributed by atoms with Gasteiger partial charge in [0, 0.05) is 6.54 Å². The van der Waals surface area contributed by atoms with Crippen LogP contribution in [0.25, 0.3) is 10.2 Å². The molecule has 0 atom stereocenters. The number of thiophene rings is 1. The van der Waals surface area contributed by atoms with Gasteiger partial charge in [-0.2, -0.15) is 0 Å². The van der Waals surface area contributed by atoms with Gasteiger partial charge in [-0.3, -0.25) is 9.36 Å². The van der Waals surface area contributed by atoms with E-state index in [2.05, 4.69) is 4.98 Å². The van der Waals surface area contributed by atoms with Crippen LogP contribution < -0.4 is 5.56 Å². The zero-order chi connectivity index (χ0) is 15.1. The number of hydrogen-bond acceptors (Lipinski definition) is 5. The van der Waals surface area contributed by atoms with Crippen molar-refractivity contribution in [2.24, 2.45) is 0 Å². The number of nitrogens with zero attached hydrogens (tertiary/aromatic N) is 2. The molecule has 0 bridgehead atoms. The average Bonchev–Trinajstić information content (AvgIpc) is 2.65. The first-order chi connectivity index (χ1) is 9.20. The fraction of sp³-hybridized carbons (Fsp3) is 0.462. The molecule has 0 unspecified atom stereocenters. The highest BCUT2D eigenvalue weighted by Gasteiger charge is 2.19. The Morgan fingerprint density at radius 3 is 2.70 bits per heavy atom. The number of carbonyl (C=O) groups is 1. The molecule has 0 aromatic carbocycles. The van der Waals surface area contributed by atoms with Crippen LogP contribution in [0.1, 0.15) is 35.5 Å². The lowest BCUT2D eigenvalue weighted by atomic mass is 10.1. The fourth-order valence-corrected chi connectivity index (χ4v) is 2.89. The average molecular weight is 296 g/mol. The number of aliphatic hydroxyl groups is 1. The molecule has 0 aliphatic heterocycles. The molecule has 0 aliphatic rings. The number of carboxylic acids is 1. The summed E-state index contributed by atoms with van der Waals surface area (Å²) >= 11 is 1.01. The van der Waals surface area contributed by atoms with Crippen LogP contribution in [0, 0.1) is 6.92 Å². The summed E-state index contributed by atoms with van der Waals surface area (Å²) in [5.41, 5.74) is -0.683. The minimum atomic E-state index is -1.05. The van der Waals surface area contributed by atoms with Gasteiger partial charge < -0.3 is 10.2 Å². The second-order valence-corrected chi connectivity index (χ2v) is 6.35. The van der Waals surface area contributed by atoms with Crippen LogP contribution >= 0.6 is 11.3 Å². The van der Waals surface area contributed by atoms with Gasteiger partial charge in [0.05, 0.1) is 17.3 Å². The molecular formula is C13H16N2O4S. The molecule has 2 aromatic heterocycles. The van der Waals surface area contributed by atoms with Crippen LogP contribution in [0.2, 0.25) is 0 Å². The molecule has 2 rings (SSSR count). The summed E-state index contributed by atoms with van der Waals surface area (Å²) < 4.78 is 1.41. The lowest BCUT2D eigenvalue weighted by molar-refractivity contribution is 0.0657. The van der Waals surface area contributed by atoms with E-state index in [9.17, 15) is 14.7 Å². The van der Waals surface area contributed by atoms with Gasteiger partial charge in [-0.25, -0.2) is 9.78 Å². The molecule has 0 saturated heterocycles. The molecule has 0 amide bonds. The second-order valence-electron chi connectivity index (χ2n) is 5.35. The molecular weight excluding hydrogens is 280 g/mol. The predicted octanol–water partition coefficient (Wildman–Crippen LogP) is 1.63. The Bertz CT molecular complexity index is 724. The van der Waals surface area contributed by atoms with Crippen LogP contribution in [0.3, 0.4) is 0 Å². The van der Waals surface area contributed by atoms with Gasteiger partial charge in [-0.05, 0) is 32.8 Å². The molecule has 0 aliphatic carbocycles. The standard InChI is InChI=1S/C13H16N2O4S/c1-7-8-10(20-9(7)12(17)18)14-6-15(11(8)16)5-4-13(2,3)19/h6,19H,4-5H2,1-3H3,(H,17,18). The smallest absolute Gasteiger partial charge is 0.346 e. The molecule has 6 nitrogen and oxygen atoms in total. The zero-order valence-electron chi connectivity index (χ0n) is 11.5. The first-order valence-corrected chi connectivity index (χ1v) is 6.96. The number of fused-ring (bicyclic) bond motifs is 1. The van der Waals surface area contributed by atoms with Gasteiger partial charge in [0.2, 0.25) is 0 Å². The molecule has 0 saturated carbocycles. The largest absolute Gasteiger partial charge is 0.477 e. The first-order valence-electron chi connectivity index (χ1n) is 6.15. The third-order valence-corrected chi connectivity index (χ3v) is 4.26. The quantitative estimate of drug-likeness (QED) is 0.894. The maximum atomic E-state index is 12.4. The van der Waals surface area contributed by atoms with Crippen molar-refractivity contribution in [2.75, 3.05) is 0 Å². The first kappa shape index (κ1) is 14.7. The lowest BCUT2D eigenvalue weighted by Gasteiger charge is -2.17. The van der Waals surface area contributed by atoms with Crippen molar-refractivity contribution in [1.82, 2.24) is 9.55 Å². The van der Waals surface area contributed by atoms with E-state index in [0.717, 1.165) is 11.3 Å². The van der Waals surface area contributed by atoms with Crippen LogP contribution in [0.4, 0.5) is 0 Å². The number of rotatable bonds is 4. The third kappa shape index (κ3) is 2.73. The maximum absolute atomic E-state index is 12.4. The summed E-state index contributed by atoms with van der Waals surface area (Å²) in [6, 6.07) is 0. The molecule has 0 spiro atoms. The Kier molecular flexibility index (Phi) is 3.66. The third-order valence-electron chi connectivity index (χ3n) is 3.08. The molecule has 108 valence electrons. The highest BCUT2D eigenvalue weighted by atomic mass is 32.1. The summed E-state index contributed by atoms with van der Waals surface area (Å²) in [5, 5.41) is 19.1. The predicted molar refractivity (Wildman–Crippen MR) is 76.5 cm³/mol. The monoisotopic (exact) mass is 296 g/mol. The van der Waals surface area contributed by atoms with Gasteiger partial charge in [-0.15, -0.1) is 11.3 Å². The number of carboxylic acid groups (broad SMARTS) is 1. The minimum absolute atomic E-state index is 0.143. The van der Waals surface area contributed by atoms with Crippen molar-refractivity contribution in [3.05, 3.63) is 27.1 Å². The highest BCUT2D eigenvalue weighted by Crippen LogP contribution is 2.26. The van der Waals surface area contributed by atoms with Gasteiger partial charge in [-0.1, -0.05) is 0 Å². The van der Waals surface area contributed by atoms with E-state index in [0.29, 0.717) is 28.7 Å². The SMILES string of the molecule is Cc1c(C(=O)O)sc2ncn(CCC(C)(C)O)c(=O)c12. The van der Waals surface area contributed by atoms with E-state index >= 15 is 0 Å². The van der Waals surface area contributed by atoms with Gasteiger partial charge >= 0.3 is 5.97 Å². The highest BCUT2D eigenvalue weighted by molar-refractivity contribution is 7.20. The van der Waals surface area contributed by atoms with Crippen molar-refractivity contribution in [2.45, 2.75) is 39.3 Å². The molecule has 0 fully saturated rings. The molecule has 7 heteroatoms. The number of aryl methyl sites for hydroxylation is 2. The second kappa shape index (κ2) is 4.99. The van der Waals surface area contributed by atoms with Crippen molar-refractivity contribution in [3.63, 3.8) is 0 Å². The van der Waals surface area contributed by atoms with E-state index in [1.807, 2.05) is 0 Å². The molecule has 20 heavy (non-hydrogen) atoms.